The molecule has 4 aromatic rings. The molecule has 10 nitrogen and oxygen atoms in total. The van der Waals surface area contributed by atoms with Gasteiger partial charge < -0.3 is 15.3 Å². The third-order valence-electron chi connectivity index (χ3n) is 4.34. The Kier molecular flexibility index (Phi) is 6.14. The van der Waals surface area contributed by atoms with Crippen LogP contribution in [-0.2, 0) is 0 Å². The van der Waals surface area contributed by atoms with Crippen molar-refractivity contribution in [2.45, 2.75) is 23.5 Å². The van der Waals surface area contributed by atoms with Gasteiger partial charge in [-0.3, -0.25) is 0 Å². The molecule has 0 fully saturated rings. The molecule has 3 atom stereocenters. The lowest BCUT2D eigenvalue weighted by atomic mass is 10.1. The molecular formula is C19H19N7O3S. The van der Waals surface area contributed by atoms with Gasteiger partial charge in [0.15, 0.2) is 0 Å². The second kappa shape index (κ2) is 9.13. The van der Waals surface area contributed by atoms with Crippen molar-refractivity contribution in [1.82, 2.24) is 35.2 Å². The lowest BCUT2D eigenvalue weighted by Crippen LogP contribution is -2.34. The number of benzene rings is 2. The predicted octanol–water partition coefficient (Wildman–Crippen LogP) is 0.790. The number of nitrogens with zero attached hydrogens (tertiary/aromatic N) is 7. The monoisotopic (exact) mass is 425 g/mol. The van der Waals surface area contributed by atoms with Crippen LogP contribution in [0.2, 0.25) is 0 Å². The zero-order chi connectivity index (χ0) is 20.9. The average molecular weight is 425 g/mol. The van der Waals surface area contributed by atoms with E-state index in [1.165, 1.54) is 15.7 Å². The summed E-state index contributed by atoms with van der Waals surface area (Å²) >= 11 is 1.16. The van der Waals surface area contributed by atoms with E-state index in [4.69, 9.17) is 0 Å². The average Bonchev–Trinajstić information content (AvgIpc) is 3.47. The quantitative estimate of drug-likeness (QED) is 0.350. The molecule has 2 aromatic heterocycles. The largest absolute Gasteiger partial charge is 0.389 e. The number of hydrogen-bond acceptors (Lipinski definition) is 9. The number of aliphatic hydroxyl groups is 3. The summed E-state index contributed by atoms with van der Waals surface area (Å²) in [6.45, 7) is 0. The lowest BCUT2D eigenvalue weighted by molar-refractivity contribution is -0.0531. The van der Waals surface area contributed by atoms with Crippen molar-refractivity contribution in [1.29, 1.82) is 0 Å². The van der Waals surface area contributed by atoms with Crippen LogP contribution in [0.15, 0.2) is 72.0 Å². The molecular weight excluding hydrogens is 406 g/mol. The van der Waals surface area contributed by atoms with E-state index in [0.717, 1.165) is 17.4 Å². The molecule has 2 aromatic carbocycles. The third kappa shape index (κ3) is 4.39. The van der Waals surface area contributed by atoms with E-state index in [2.05, 4.69) is 25.7 Å². The van der Waals surface area contributed by atoms with E-state index in [-0.39, 0.29) is 11.4 Å². The van der Waals surface area contributed by atoms with Gasteiger partial charge in [0.1, 0.15) is 17.9 Å². The zero-order valence-electron chi connectivity index (χ0n) is 15.7. The second-order valence-corrected chi connectivity index (χ2v) is 7.40. The van der Waals surface area contributed by atoms with E-state index < -0.39 is 18.3 Å². The zero-order valence-corrected chi connectivity index (χ0v) is 16.5. The molecule has 3 N–H and O–H groups in total. The fourth-order valence-corrected chi connectivity index (χ4v) is 3.62. The van der Waals surface area contributed by atoms with Crippen LogP contribution in [0, 0.1) is 0 Å². The van der Waals surface area contributed by atoms with Crippen molar-refractivity contribution >= 4 is 11.8 Å². The first-order chi connectivity index (χ1) is 14.6. The molecule has 154 valence electrons. The molecule has 30 heavy (non-hydrogen) atoms. The molecule has 0 bridgehead atoms. The van der Waals surface area contributed by atoms with Crippen molar-refractivity contribution in [2.75, 3.05) is 5.75 Å². The second-order valence-electron chi connectivity index (χ2n) is 6.42. The summed E-state index contributed by atoms with van der Waals surface area (Å²) in [4.78, 5) is 1.35. The minimum Gasteiger partial charge on any atom is -0.389 e. The van der Waals surface area contributed by atoms with Gasteiger partial charge in [-0.15, -0.1) is 5.10 Å². The Morgan fingerprint density at radius 3 is 2.27 bits per heavy atom. The van der Waals surface area contributed by atoms with E-state index >= 15 is 0 Å². The van der Waals surface area contributed by atoms with Crippen LogP contribution in [0.1, 0.15) is 11.8 Å². The van der Waals surface area contributed by atoms with Gasteiger partial charge in [0.25, 0.3) is 0 Å². The third-order valence-corrected chi connectivity index (χ3v) is 5.36. The molecule has 0 aliphatic carbocycles. The summed E-state index contributed by atoms with van der Waals surface area (Å²) in [5, 5.41) is 51.5. The van der Waals surface area contributed by atoms with Gasteiger partial charge in [-0.05, 0) is 34.7 Å². The highest BCUT2D eigenvalue weighted by molar-refractivity contribution is 7.99. The van der Waals surface area contributed by atoms with Gasteiger partial charge in [0.05, 0.1) is 23.7 Å². The van der Waals surface area contributed by atoms with Crippen LogP contribution >= 0.6 is 11.8 Å². The summed E-state index contributed by atoms with van der Waals surface area (Å²) in [6.07, 6.45) is -2.74. The Bertz CT molecular complexity index is 1070. The number of hydrogen-bond donors (Lipinski definition) is 3. The highest BCUT2D eigenvalue weighted by atomic mass is 32.2. The minimum absolute atomic E-state index is 0.0677. The summed E-state index contributed by atoms with van der Waals surface area (Å²) in [6, 6.07) is 18.5. The molecule has 0 unspecified atom stereocenters. The number of para-hydroxylation sites is 2. The first-order valence-electron chi connectivity index (χ1n) is 9.12. The first-order valence-corrected chi connectivity index (χ1v) is 10.1. The van der Waals surface area contributed by atoms with Gasteiger partial charge in [-0.25, -0.2) is 0 Å². The SMILES string of the molecule is O[C@@H]([C@H](O)CSc1nnnn1-c1ccccc1)[C@H](O)c1cnn(-c2ccccc2)n1. The topological polar surface area (TPSA) is 135 Å². The normalized spacial score (nSPS) is 14.4. The Balaban J connectivity index is 1.39. The number of aliphatic hydroxyl groups excluding tert-OH is 3. The van der Waals surface area contributed by atoms with Crippen LogP contribution in [0.3, 0.4) is 0 Å². The van der Waals surface area contributed by atoms with Gasteiger partial charge in [-0.1, -0.05) is 48.2 Å². The van der Waals surface area contributed by atoms with Crippen molar-refractivity contribution in [3.63, 3.8) is 0 Å². The first kappa shape index (κ1) is 20.2. The highest BCUT2D eigenvalue weighted by Crippen LogP contribution is 2.23. The van der Waals surface area contributed by atoms with Crippen molar-refractivity contribution in [3.05, 3.63) is 72.6 Å². The Morgan fingerprint density at radius 1 is 0.900 bits per heavy atom. The summed E-state index contributed by atoms with van der Waals surface area (Å²) < 4.78 is 1.53. The summed E-state index contributed by atoms with van der Waals surface area (Å²) in [5.74, 6) is 0.0677. The Hall–Kier alpha value is -3.12. The smallest absolute Gasteiger partial charge is 0.214 e. The molecule has 0 aliphatic rings. The van der Waals surface area contributed by atoms with E-state index in [9.17, 15) is 15.3 Å². The Labute approximate surface area is 175 Å². The maximum atomic E-state index is 10.4. The van der Waals surface area contributed by atoms with E-state index in [1.54, 1.807) is 0 Å². The van der Waals surface area contributed by atoms with Crippen LogP contribution in [0.4, 0.5) is 0 Å². The molecule has 0 amide bonds. The maximum absolute atomic E-state index is 10.4. The Morgan fingerprint density at radius 2 is 1.57 bits per heavy atom. The molecule has 0 aliphatic heterocycles. The highest BCUT2D eigenvalue weighted by Gasteiger charge is 2.29. The lowest BCUT2D eigenvalue weighted by Gasteiger charge is -2.21. The van der Waals surface area contributed by atoms with Crippen molar-refractivity contribution in [2.24, 2.45) is 0 Å². The number of aromatic nitrogens is 7. The van der Waals surface area contributed by atoms with Crippen molar-refractivity contribution < 1.29 is 15.3 Å². The molecule has 11 heteroatoms. The number of tetrazole rings is 1. The maximum Gasteiger partial charge on any atom is 0.214 e. The fraction of sp³-hybridized carbons (Fsp3) is 0.211. The molecule has 4 rings (SSSR count). The van der Waals surface area contributed by atoms with Crippen LogP contribution < -0.4 is 0 Å². The van der Waals surface area contributed by atoms with Gasteiger partial charge in [0, 0.05) is 5.75 Å². The van der Waals surface area contributed by atoms with Crippen LogP contribution in [-0.4, -0.2) is 68.5 Å². The van der Waals surface area contributed by atoms with Gasteiger partial charge >= 0.3 is 0 Å². The minimum atomic E-state index is -1.46. The molecule has 0 saturated carbocycles. The van der Waals surface area contributed by atoms with Crippen LogP contribution in [0.5, 0.6) is 0 Å². The summed E-state index contributed by atoms with van der Waals surface area (Å²) in [5.41, 5.74) is 1.65. The molecule has 2 heterocycles. The van der Waals surface area contributed by atoms with Gasteiger partial charge in [0.2, 0.25) is 5.16 Å². The van der Waals surface area contributed by atoms with E-state index in [0.29, 0.717) is 10.8 Å². The molecule has 0 saturated heterocycles. The fourth-order valence-electron chi connectivity index (χ4n) is 2.74. The number of thioether (sulfide) groups is 1. The predicted molar refractivity (Wildman–Crippen MR) is 108 cm³/mol. The summed E-state index contributed by atoms with van der Waals surface area (Å²) in [7, 11) is 0. The van der Waals surface area contributed by atoms with Crippen molar-refractivity contribution in [3.8, 4) is 11.4 Å². The van der Waals surface area contributed by atoms with Crippen LogP contribution in [0.25, 0.3) is 11.4 Å². The molecule has 0 spiro atoms. The number of rotatable bonds is 8. The molecule has 0 radical (unpaired) electrons. The standard InChI is InChI=1S/C19H19N7O3S/c27-16(12-30-19-21-23-24-25(19)13-7-3-1-4-8-13)18(29)17(28)15-11-20-26(22-15)14-9-5-2-6-10-14/h1-11,16-18,27-29H,12H2/t16-,17-,18+/m1/s1. The van der Waals surface area contributed by atoms with Gasteiger partial charge in [-0.2, -0.15) is 19.7 Å². The van der Waals surface area contributed by atoms with E-state index in [1.807, 2.05) is 60.7 Å².